The molecular formula is C9H8F3N3S. The van der Waals surface area contributed by atoms with Gasteiger partial charge in [0, 0.05) is 0 Å². The van der Waals surface area contributed by atoms with Crippen LogP contribution in [0.2, 0.25) is 0 Å². The smallest absolute Gasteiger partial charge is 0.397 e. The predicted molar refractivity (Wildman–Crippen MR) is 55.1 cm³/mol. The van der Waals surface area contributed by atoms with E-state index in [0.29, 0.717) is 5.00 Å². The maximum absolute atomic E-state index is 12.6. The zero-order valence-corrected chi connectivity index (χ0v) is 8.87. The Hall–Kier alpha value is -1.42. The first-order valence-corrected chi connectivity index (χ1v) is 5.34. The molecule has 1 aromatic heterocycles. The third-order valence-electron chi connectivity index (χ3n) is 2.52. The zero-order chi connectivity index (χ0) is 12.0. The molecule has 1 fully saturated rings. The summed E-state index contributed by atoms with van der Waals surface area (Å²) in [7, 11) is 0. The number of nitrogens with one attached hydrogen (secondary N) is 1. The number of alkyl halides is 3. The molecule has 0 aliphatic heterocycles. The Bertz CT molecular complexity index is 454. The Morgan fingerprint density at radius 2 is 2.12 bits per heavy atom. The second-order valence-electron chi connectivity index (χ2n) is 3.71. The summed E-state index contributed by atoms with van der Waals surface area (Å²) in [6.07, 6.45) is -4.13. The molecule has 1 aliphatic rings. The Balaban J connectivity index is 2.20. The van der Waals surface area contributed by atoms with Crippen LogP contribution in [0.5, 0.6) is 0 Å². The number of hydrogen-bond acceptors (Lipinski definition) is 4. The van der Waals surface area contributed by atoms with E-state index < -0.39 is 11.7 Å². The Morgan fingerprint density at radius 3 is 2.50 bits per heavy atom. The summed E-state index contributed by atoms with van der Waals surface area (Å²) in [6, 6.07) is 3.20. The summed E-state index contributed by atoms with van der Waals surface area (Å²) in [5.41, 5.74) is 3.87. The van der Waals surface area contributed by atoms with E-state index in [1.54, 1.807) is 0 Å². The van der Waals surface area contributed by atoms with Crippen molar-refractivity contribution in [2.75, 3.05) is 11.1 Å². The van der Waals surface area contributed by atoms with E-state index in [9.17, 15) is 13.2 Å². The Morgan fingerprint density at radius 1 is 1.50 bits per heavy atom. The fourth-order valence-electron chi connectivity index (χ4n) is 1.39. The molecule has 7 heteroatoms. The van der Waals surface area contributed by atoms with E-state index in [2.05, 4.69) is 5.32 Å². The second-order valence-corrected chi connectivity index (χ2v) is 4.76. The minimum atomic E-state index is -4.27. The standard InChI is InChI=1S/C9H8F3N3S/c10-9(11,12)8(1-2-8)15-7-3-5(14)6(4-13)16-7/h3,15H,1-2,14H2. The lowest BCUT2D eigenvalue weighted by Crippen LogP contribution is -2.38. The van der Waals surface area contributed by atoms with Crippen LogP contribution < -0.4 is 11.1 Å². The number of nitriles is 1. The summed E-state index contributed by atoms with van der Waals surface area (Å²) in [4.78, 5) is 0.237. The van der Waals surface area contributed by atoms with Gasteiger partial charge in [-0.1, -0.05) is 0 Å². The highest BCUT2D eigenvalue weighted by Crippen LogP contribution is 2.52. The average Bonchev–Trinajstić information content (AvgIpc) is 2.85. The van der Waals surface area contributed by atoms with Crippen molar-refractivity contribution in [1.82, 2.24) is 0 Å². The monoisotopic (exact) mass is 247 g/mol. The zero-order valence-electron chi connectivity index (χ0n) is 8.06. The van der Waals surface area contributed by atoms with Crippen LogP contribution in [-0.4, -0.2) is 11.7 Å². The lowest BCUT2D eigenvalue weighted by Gasteiger charge is -2.20. The van der Waals surface area contributed by atoms with Crippen molar-refractivity contribution in [3.05, 3.63) is 10.9 Å². The first-order chi connectivity index (χ1) is 7.38. The predicted octanol–water partition coefficient (Wildman–Crippen LogP) is 2.71. The summed E-state index contributed by atoms with van der Waals surface area (Å²) in [5, 5.41) is 11.4. The molecule has 1 heterocycles. The molecule has 86 valence electrons. The molecule has 16 heavy (non-hydrogen) atoms. The Kier molecular flexibility index (Phi) is 2.27. The van der Waals surface area contributed by atoms with Gasteiger partial charge in [0.1, 0.15) is 16.5 Å². The number of rotatable bonds is 2. The van der Waals surface area contributed by atoms with Gasteiger partial charge in [-0.3, -0.25) is 0 Å². The minimum absolute atomic E-state index is 0.0657. The fourth-order valence-corrected chi connectivity index (χ4v) is 2.27. The summed E-state index contributed by atoms with van der Waals surface area (Å²) in [5.74, 6) is 0. The van der Waals surface area contributed by atoms with Gasteiger partial charge in [-0.2, -0.15) is 18.4 Å². The van der Waals surface area contributed by atoms with Crippen molar-refractivity contribution in [3.63, 3.8) is 0 Å². The van der Waals surface area contributed by atoms with Gasteiger partial charge in [-0.15, -0.1) is 11.3 Å². The van der Waals surface area contributed by atoms with Gasteiger partial charge < -0.3 is 11.1 Å². The van der Waals surface area contributed by atoms with Crippen molar-refractivity contribution < 1.29 is 13.2 Å². The fraction of sp³-hybridized carbons (Fsp3) is 0.444. The summed E-state index contributed by atoms with van der Waals surface area (Å²) < 4.78 is 37.9. The maximum Gasteiger partial charge on any atom is 0.411 e. The molecule has 3 N–H and O–H groups in total. The largest absolute Gasteiger partial charge is 0.411 e. The highest BCUT2D eigenvalue weighted by atomic mass is 32.1. The van der Waals surface area contributed by atoms with E-state index in [1.807, 2.05) is 6.07 Å². The van der Waals surface area contributed by atoms with Crippen LogP contribution in [0.1, 0.15) is 17.7 Å². The van der Waals surface area contributed by atoms with E-state index in [1.165, 1.54) is 6.07 Å². The number of hydrogen-bond donors (Lipinski definition) is 2. The molecule has 0 amide bonds. The van der Waals surface area contributed by atoms with Gasteiger partial charge in [0.2, 0.25) is 0 Å². The minimum Gasteiger partial charge on any atom is -0.397 e. The molecule has 1 aromatic rings. The van der Waals surface area contributed by atoms with Gasteiger partial charge >= 0.3 is 6.18 Å². The van der Waals surface area contributed by atoms with Gasteiger partial charge in [0.05, 0.1) is 10.7 Å². The molecule has 2 rings (SSSR count). The molecule has 0 radical (unpaired) electrons. The molecule has 0 saturated heterocycles. The number of thiophene rings is 1. The van der Waals surface area contributed by atoms with Gasteiger partial charge in [-0.05, 0) is 18.9 Å². The van der Waals surface area contributed by atoms with Crippen molar-refractivity contribution >= 4 is 22.0 Å². The normalized spacial score (nSPS) is 17.9. The first-order valence-electron chi connectivity index (χ1n) is 4.52. The highest BCUT2D eigenvalue weighted by molar-refractivity contribution is 7.17. The molecule has 1 saturated carbocycles. The number of nitrogens with two attached hydrogens (primary N) is 1. The molecular weight excluding hydrogens is 239 g/mol. The molecule has 0 spiro atoms. The van der Waals surface area contributed by atoms with Gasteiger partial charge in [0.15, 0.2) is 0 Å². The number of nitrogens with zero attached hydrogens (tertiary/aromatic N) is 1. The van der Waals surface area contributed by atoms with Crippen LogP contribution in [0.25, 0.3) is 0 Å². The van der Waals surface area contributed by atoms with Crippen molar-refractivity contribution in [2.24, 2.45) is 0 Å². The number of anilines is 2. The Labute approximate surface area is 93.7 Å². The quantitative estimate of drug-likeness (QED) is 0.844. The van der Waals surface area contributed by atoms with E-state index >= 15 is 0 Å². The van der Waals surface area contributed by atoms with Crippen LogP contribution in [0.4, 0.5) is 23.9 Å². The topological polar surface area (TPSA) is 61.8 Å². The van der Waals surface area contributed by atoms with Crippen molar-refractivity contribution in [3.8, 4) is 6.07 Å². The van der Waals surface area contributed by atoms with E-state index in [0.717, 1.165) is 11.3 Å². The van der Waals surface area contributed by atoms with Crippen LogP contribution in [0.3, 0.4) is 0 Å². The van der Waals surface area contributed by atoms with Crippen molar-refractivity contribution in [1.29, 1.82) is 5.26 Å². The number of nitrogen functional groups attached to an aromatic ring is 1. The third kappa shape index (κ3) is 1.69. The molecule has 3 nitrogen and oxygen atoms in total. The SMILES string of the molecule is N#Cc1sc(NC2(C(F)(F)F)CC2)cc1N. The maximum atomic E-state index is 12.6. The summed E-state index contributed by atoms with van der Waals surface area (Å²) in [6.45, 7) is 0. The molecule has 0 aromatic carbocycles. The molecule has 0 atom stereocenters. The van der Waals surface area contributed by atoms with Gasteiger partial charge in [0.25, 0.3) is 0 Å². The number of halogens is 3. The lowest BCUT2D eigenvalue weighted by atomic mass is 10.2. The lowest BCUT2D eigenvalue weighted by molar-refractivity contribution is -0.151. The van der Waals surface area contributed by atoms with Crippen LogP contribution >= 0.6 is 11.3 Å². The summed E-state index contributed by atoms with van der Waals surface area (Å²) >= 11 is 0.945. The average molecular weight is 247 g/mol. The van der Waals surface area contributed by atoms with Crippen molar-refractivity contribution in [2.45, 2.75) is 24.6 Å². The molecule has 0 bridgehead atoms. The van der Waals surface area contributed by atoms with Crippen LogP contribution in [-0.2, 0) is 0 Å². The third-order valence-corrected chi connectivity index (χ3v) is 3.49. The first kappa shape index (κ1) is 11.1. The van der Waals surface area contributed by atoms with Crippen LogP contribution in [0, 0.1) is 11.3 Å². The van der Waals surface area contributed by atoms with E-state index in [-0.39, 0.29) is 23.4 Å². The highest BCUT2D eigenvalue weighted by Gasteiger charge is 2.63. The van der Waals surface area contributed by atoms with Gasteiger partial charge in [-0.25, -0.2) is 0 Å². The van der Waals surface area contributed by atoms with E-state index in [4.69, 9.17) is 11.0 Å². The molecule has 1 aliphatic carbocycles. The second kappa shape index (κ2) is 3.28. The molecule has 0 unspecified atom stereocenters. The van der Waals surface area contributed by atoms with Crippen LogP contribution in [0.15, 0.2) is 6.07 Å².